The van der Waals surface area contributed by atoms with Gasteiger partial charge in [-0.1, -0.05) is 12.1 Å². The highest BCUT2D eigenvalue weighted by molar-refractivity contribution is 7.90. The van der Waals surface area contributed by atoms with Gasteiger partial charge in [0.25, 0.3) is 10.0 Å². The Hall–Kier alpha value is -3.06. The summed E-state index contributed by atoms with van der Waals surface area (Å²) in [5, 5.41) is 2.06. The summed E-state index contributed by atoms with van der Waals surface area (Å²) in [7, 11) is -4.33. The van der Waals surface area contributed by atoms with E-state index in [1.54, 1.807) is 10.8 Å². The van der Waals surface area contributed by atoms with E-state index in [-0.39, 0.29) is 29.6 Å². The van der Waals surface area contributed by atoms with Crippen LogP contribution in [0.1, 0.15) is 12.6 Å². The Morgan fingerprint density at radius 1 is 1.20 bits per heavy atom. The summed E-state index contributed by atoms with van der Waals surface area (Å²) in [6, 6.07) is 5.63. The SMILES string of the molecule is CCOCCOc1ccccc1S(=O)(=O)NC(=O)Nc1nc(C)cc(OC(F)F)n1. The normalized spacial score (nSPS) is 11.2. The van der Waals surface area contributed by atoms with Gasteiger partial charge in [-0.2, -0.15) is 13.8 Å². The molecule has 0 saturated carbocycles. The first kappa shape index (κ1) is 23.2. The summed E-state index contributed by atoms with van der Waals surface area (Å²) >= 11 is 0. The maximum Gasteiger partial charge on any atom is 0.388 e. The van der Waals surface area contributed by atoms with Crippen molar-refractivity contribution < 1.29 is 36.2 Å². The molecule has 0 aliphatic rings. The zero-order valence-electron chi connectivity index (χ0n) is 16.1. The van der Waals surface area contributed by atoms with Crippen LogP contribution < -0.4 is 19.5 Å². The van der Waals surface area contributed by atoms with Crippen LogP contribution in [-0.2, 0) is 14.8 Å². The van der Waals surface area contributed by atoms with Crippen LogP contribution in [0.3, 0.4) is 0 Å². The molecule has 164 valence electrons. The summed E-state index contributed by atoms with van der Waals surface area (Å²) < 4.78 is 66.3. The molecule has 0 atom stereocenters. The van der Waals surface area contributed by atoms with Crippen LogP contribution in [0, 0.1) is 6.92 Å². The molecule has 0 spiro atoms. The molecule has 1 aromatic carbocycles. The Kier molecular flexibility index (Phi) is 8.24. The van der Waals surface area contributed by atoms with Crippen molar-refractivity contribution in [3.05, 3.63) is 36.0 Å². The molecule has 1 heterocycles. The number of para-hydroxylation sites is 1. The minimum absolute atomic E-state index is 0.0249. The van der Waals surface area contributed by atoms with E-state index in [4.69, 9.17) is 9.47 Å². The summed E-state index contributed by atoms with van der Waals surface area (Å²) in [4.78, 5) is 19.2. The molecule has 0 bridgehead atoms. The Morgan fingerprint density at radius 3 is 2.63 bits per heavy atom. The van der Waals surface area contributed by atoms with E-state index in [2.05, 4.69) is 20.0 Å². The van der Waals surface area contributed by atoms with Crippen molar-refractivity contribution in [1.82, 2.24) is 14.7 Å². The summed E-state index contributed by atoms with van der Waals surface area (Å²) in [5.41, 5.74) is 0.215. The lowest BCUT2D eigenvalue weighted by Crippen LogP contribution is -2.35. The highest BCUT2D eigenvalue weighted by Gasteiger charge is 2.23. The van der Waals surface area contributed by atoms with Crippen molar-refractivity contribution >= 4 is 22.0 Å². The van der Waals surface area contributed by atoms with E-state index in [1.807, 2.05) is 6.92 Å². The van der Waals surface area contributed by atoms with Crippen molar-refractivity contribution in [2.75, 3.05) is 25.1 Å². The third-order valence-electron chi connectivity index (χ3n) is 3.32. The number of alkyl halides is 2. The first-order chi connectivity index (χ1) is 14.2. The van der Waals surface area contributed by atoms with Gasteiger partial charge in [0.1, 0.15) is 17.3 Å². The van der Waals surface area contributed by atoms with Crippen LogP contribution in [0.5, 0.6) is 11.6 Å². The molecule has 2 aromatic rings. The Bertz CT molecular complexity index is 974. The second kappa shape index (κ2) is 10.6. The van der Waals surface area contributed by atoms with Gasteiger partial charge < -0.3 is 14.2 Å². The topological polar surface area (TPSA) is 129 Å². The fraction of sp³-hybridized carbons (Fsp3) is 0.353. The zero-order chi connectivity index (χ0) is 22.1. The molecule has 2 N–H and O–H groups in total. The standard InChI is InChI=1S/C17H20F2N4O6S/c1-3-27-8-9-28-12-6-4-5-7-13(12)30(25,26)23-17(24)22-16-20-11(2)10-14(21-16)29-15(18)19/h4-7,10,15H,3,8-9H2,1-2H3,(H2,20,21,22,23,24). The molecular formula is C17H20F2N4O6S. The first-order valence-corrected chi connectivity index (χ1v) is 10.1. The third-order valence-corrected chi connectivity index (χ3v) is 4.69. The van der Waals surface area contributed by atoms with Crippen molar-refractivity contribution in [3.63, 3.8) is 0 Å². The van der Waals surface area contributed by atoms with E-state index in [9.17, 15) is 22.0 Å². The van der Waals surface area contributed by atoms with Gasteiger partial charge in [0.15, 0.2) is 0 Å². The predicted octanol–water partition coefficient (Wildman–Crippen LogP) is 2.31. The average Bonchev–Trinajstić information content (AvgIpc) is 2.64. The van der Waals surface area contributed by atoms with Gasteiger partial charge in [0.2, 0.25) is 11.8 Å². The molecular weight excluding hydrogens is 426 g/mol. The molecule has 0 unspecified atom stereocenters. The van der Waals surface area contributed by atoms with Crippen LogP contribution in [0.4, 0.5) is 19.5 Å². The molecule has 0 radical (unpaired) electrons. The van der Waals surface area contributed by atoms with E-state index in [1.165, 1.54) is 25.1 Å². The summed E-state index contributed by atoms with van der Waals surface area (Å²) in [6.07, 6.45) is 0. The number of benzene rings is 1. The highest BCUT2D eigenvalue weighted by atomic mass is 32.2. The van der Waals surface area contributed by atoms with Crippen LogP contribution in [0.2, 0.25) is 0 Å². The van der Waals surface area contributed by atoms with Crippen molar-refractivity contribution in [3.8, 4) is 11.6 Å². The second-order valence-electron chi connectivity index (χ2n) is 5.60. The lowest BCUT2D eigenvalue weighted by Gasteiger charge is -2.13. The van der Waals surface area contributed by atoms with E-state index in [0.717, 1.165) is 6.07 Å². The third kappa shape index (κ3) is 7.08. The van der Waals surface area contributed by atoms with Gasteiger partial charge in [-0.15, -0.1) is 0 Å². The number of halogens is 2. The molecule has 13 heteroatoms. The number of ether oxygens (including phenoxy) is 3. The molecule has 0 fully saturated rings. The molecule has 30 heavy (non-hydrogen) atoms. The highest BCUT2D eigenvalue weighted by Crippen LogP contribution is 2.23. The van der Waals surface area contributed by atoms with Gasteiger partial charge in [-0.25, -0.2) is 22.9 Å². The smallest absolute Gasteiger partial charge is 0.388 e. The number of amides is 2. The van der Waals surface area contributed by atoms with Gasteiger partial charge in [-0.3, -0.25) is 5.32 Å². The van der Waals surface area contributed by atoms with Gasteiger partial charge in [0, 0.05) is 18.4 Å². The van der Waals surface area contributed by atoms with Crippen LogP contribution in [0.15, 0.2) is 35.2 Å². The minimum Gasteiger partial charge on any atom is -0.490 e. The minimum atomic E-state index is -4.33. The van der Waals surface area contributed by atoms with E-state index < -0.39 is 34.5 Å². The van der Waals surface area contributed by atoms with Crippen molar-refractivity contribution in [1.29, 1.82) is 0 Å². The van der Waals surface area contributed by atoms with Gasteiger partial charge in [-0.05, 0) is 26.0 Å². The number of aromatic nitrogens is 2. The fourth-order valence-corrected chi connectivity index (χ4v) is 3.25. The number of nitrogens with one attached hydrogen (secondary N) is 2. The van der Waals surface area contributed by atoms with Crippen LogP contribution in [0.25, 0.3) is 0 Å². The molecule has 1 aromatic heterocycles. The molecule has 0 saturated heterocycles. The Labute approximate surface area is 171 Å². The van der Waals surface area contributed by atoms with E-state index >= 15 is 0 Å². The maximum atomic E-state index is 12.6. The largest absolute Gasteiger partial charge is 0.490 e. The number of carbonyl (C=O) groups is 1. The lowest BCUT2D eigenvalue weighted by molar-refractivity contribution is -0.0528. The second-order valence-corrected chi connectivity index (χ2v) is 7.25. The zero-order valence-corrected chi connectivity index (χ0v) is 16.9. The van der Waals surface area contributed by atoms with Gasteiger partial charge >= 0.3 is 12.6 Å². The van der Waals surface area contributed by atoms with Crippen LogP contribution in [-0.4, -0.2) is 50.8 Å². The summed E-state index contributed by atoms with van der Waals surface area (Å²) in [6.45, 7) is 0.983. The molecule has 2 rings (SSSR count). The number of hydrogen-bond donors (Lipinski definition) is 2. The number of urea groups is 1. The summed E-state index contributed by atoms with van der Waals surface area (Å²) in [5.74, 6) is -0.875. The first-order valence-electron chi connectivity index (χ1n) is 8.65. The Balaban J connectivity index is 2.11. The number of hydrogen-bond acceptors (Lipinski definition) is 8. The quantitative estimate of drug-likeness (QED) is 0.532. The maximum absolute atomic E-state index is 12.6. The average molecular weight is 446 g/mol. The number of aryl methyl sites for hydroxylation is 1. The predicted molar refractivity (Wildman–Crippen MR) is 101 cm³/mol. The molecule has 0 aliphatic heterocycles. The van der Waals surface area contributed by atoms with E-state index in [0.29, 0.717) is 6.61 Å². The number of nitrogens with zero attached hydrogens (tertiary/aromatic N) is 2. The Morgan fingerprint density at radius 2 is 1.93 bits per heavy atom. The number of anilines is 1. The monoisotopic (exact) mass is 446 g/mol. The molecule has 2 amide bonds. The van der Waals surface area contributed by atoms with Crippen LogP contribution >= 0.6 is 0 Å². The van der Waals surface area contributed by atoms with Crippen molar-refractivity contribution in [2.24, 2.45) is 0 Å². The number of rotatable bonds is 10. The number of carbonyl (C=O) groups excluding carboxylic acids is 1. The van der Waals surface area contributed by atoms with Crippen molar-refractivity contribution in [2.45, 2.75) is 25.4 Å². The number of sulfonamides is 1. The lowest BCUT2D eigenvalue weighted by atomic mass is 10.3. The molecule has 0 aliphatic carbocycles. The molecule has 10 nitrogen and oxygen atoms in total. The fourth-order valence-electron chi connectivity index (χ4n) is 2.20. The van der Waals surface area contributed by atoms with Gasteiger partial charge in [0.05, 0.1) is 6.61 Å².